The van der Waals surface area contributed by atoms with Crippen LogP contribution >= 0.6 is 0 Å². The SMILES string of the molecule is COC1CNC(C(=O)NC2C=CS(=O)(=O)C2)C1. The second kappa shape index (κ2) is 4.75. The summed E-state index contributed by atoms with van der Waals surface area (Å²) in [6.45, 7) is 0.646. The normalized spacial score (nSPS) is 35.0. The van der Waals surface area contributed by atoms with E-state index in [0.29, 0.717) is 13.0 Å². The van der Waals surface area contributed by atoms with Crippen molar-refractivity contribution >= 4 is 15.7 Å². The van der Waals surface area contributed by atoms with E-state index in [1.165, 1.54) is 6.08 Å². The van der Waals surface area contributed by atoms with Crippen molar-refractivity contribution in [2.45, 2.75) is 24.6 Å². The second-order valence-electron chi connectivity index (χ2n) is 4.33. The molecule has 1 saturated heterocycles. The summed E-state index contributed by atoms with van der Waals surface area (Å²) in [7, 11) is -1.51. The van der Waals surface area contributed by atoms with Crippen molar-refractivity contribution in [3.63, 3.8) is 0 Å². The van der Waals surface area contributed by atoms with E-state index in [4.69, 9.17) is 4.74 Å². The lowest BCUT2D eigenvalue weighted by molar-refractivity contribution is -0.123. The summed E-state index contributed by atoms with van der Waals surface area (Å²) in [5.41, 5.74) is 0. The first-order valence-electron chi connectivity index (χ1n) is 5.48. The number of hydrogen-bond donors (Lipinski definition) is 2. The Morgan fingerprint density at radius 2 is 2.29 bits per heavy atom. The highest BCUT2D eigenvalue weighted by Gasteiger charge is 2.31. The molecule has 1 amide bonds. The van der Waals surface area contributed by atoms with Crippen molar-refractivity contribution in [3.05, 3.63) is 11.5 Å². The molecule has 2 aliphatic rings. The molecule has 0 saturated carbocycles. The second-order valence-corrected chi connectivity index (χ2v) is 6.26. The van der Waals surface area contributed by atoms with Crippen LogP contribution in [0.1, 0.15) is 6.42 Å². The Bertz CT molecular complexity index is 432. The van der Waals surface area contributed by atoms with Crippen LogP contribution in [0.5, 0.6) is 0 Å². The van der Waals surface area contributed by atoms with E-state index < -0.39 is 15.9 Å². The van der Waals surface area contributed by atoms with Crippen LogP contribution in [0.3, 0.4) is 0 Å². The fourth-order valence-electron chi connectivity index (χ4n) is 2.03. The van der Waals surface area contributed by atoms with Gasteiger partial charge in [-0.2, -0.15) is 0 Å². The smallest absolute Gasteiger partial charge is 0.237 e. The number of nitrogens with one attached hydrogen (secondary N) is 2. The van der Waals surface area contributed by atoms with Crippen LogP contribution in [0.2, 0.25) is 0 Å². The van der Waals surface area contributed by atoms with Crippen molar-refractivity contribution in [3.8, 4) is 0 Å². The third-order valence-corrected chi connectivity index (χ3v) is 4.39. The number of hydrogen-bond acceptors (Lipinski definition) is 5. The number of sulfone groups is 1. The van der Waals surface area contributed by atoms with Gasteiger partial charge in [-0.25, -0.2) is 8.42 Å². The Balaban J connectivity index is 1.85. The monoisotopic (exact) mass is 260 g/mol. The van der Waals surface area contributed by atoms with Crippen molar-refractivity contribution < 1.29 is 17.9 Å². The molecule has 2 rings (SSSR count). The van der Waals surface area contributed by atoms with Gasteiger partial charge in [0.15, 0.2) is 9.84 Å². The highest BCUT2D eigenvalue weighted by atomic mass is 32.2. The fourth-order valence-corrected chi connectivity index (χ4v) is 3.27. The Morgan fingerprint density at radius 1 is 1.53 bits per heavy atom. The van der Waals surface area contributed by atoms with Crippen LogP contribution in [0.25, 0.3) is 0 Å². The molecule has 1 fully saturated rings. The first kappa shape index (κ1) is 12.5. The van der Waals surface area contributed by atoms with Crippen LogP contribution in [0.15, 0.2) is 11.5 Å². The van der Waals surface area contributed by atoms with Gasteiger partial charge < -0.3 is 15.4 Å². The Hall–Kier alpha value is -0.920. The molecule has 2 N–H and O–H groups in total. The zero-order valence-electron chi connectivity index (χ0n) is 9.55. The number of amides is 1. The predicted molar refractivity (Wildman–Crippen MR) is 62.1 cm³/mol. The fraction of sp³-hybridized carbons (Fsp3) is 0.700. The molecule has 0 aliphatic carbocycles. The Labute approximate surface area is 100 Å². The van der Waals surface area contributed by atoms with Gasteiger partial charge >= 0.3 is 0 Å². The summed E-state index contributed by atoms with van der Waals surface area (Å²) >= 11 is 0. The molecule has 7 heteroatoms. The molecule has 0 bridgehead atoms. The summed E-state index contributed by atoms with van der Waals surface area (Å²) in [4.78, 5) is 11.8. The summed E-state index contributed by atoms with van der Waals surface area (Å²) < 4.78 is 27.5. The molecule has 0 aromatic rings. The summed E-state index contributed by atoms with van der Waals surface area (Å²) in [6.07, 6.45) is 2.18. The molecule has 17 heavy (non-hydrogen) atoms. The maximum absolute atomic E-state index is 11.8. The first-order chi connectivity index (χ1) is 8.00. The van der Waals surface area contributed by atoms with Crippen molar-refractivity contribution in [1.82, 2.24) is 10.6 Å². The van der Waals surface area contributed by atoms with Gasteiger partial charge in [-0.05, 0) is 12.5 Å². The first-order valence-corrected chi connectivity index (χ1v) is 7.19. The van der Waals surface area contributed by atoms with Crippen LogP contribution in [0.4, 0.5) is 0 Å². The summed E-state index contributed by atoms with van der Waals surface area (Å²) in [5.74, 6) is -0.213. The maximum Gasteiger partial charge on any atom is 0.237 e. The topological polar surface area (TPSA) is 84.5 Å². The molecule has 3 atom stereocenters. The molecule has 96 valence electrons. The molecule has 6 nitrogen and oxygen atoms in total. The molecular weight excluding hydrogens is 244 g/mol. The van der Waals surface area contributed by atoms with Crippen LogP contribution in [-0.2, 0) is 19.4 Å². The van der Waals surface area contributed by atoms with Gasteiger partial charge in [-0.15, -0.1) is 0 Å². The van der Waals surface area contributed by atoms with Crippen molar-refractivity contribution in [2.75, 3.05) is 19.4 Å². The van der Waals surface area contributed by atoms with E-state index >= 15 is 0 Å². The van der Waals surface area contributed by atoms with Crippen molar-refractivity contribution in [1.29, 1.82) is 0 Å². The van der Waals surface area contributed by atoms with Crippen LogP contribution < -0.4 is 10.6 Å². The van der Waals surface area contributed by atoms with Gasteiger partial charge in [-0.3, -0.25) is 4.79 Å². The van der Waals surface area contributed by atoms with Gasteiger partial charge in [-0.1, -0.05) is 0 Å². The summed E-state index contributed by atoms with van der Waals surface area (Å²) in [6, 6.07) is -0.701. The predicted octanol–water partition coefficient (Wildman–Crippen LogP) is -1.21. The number of methoxy groups -OCH3 is 1. The number of rotatable bonds is 3. The maximum atomic E-state index is 11.8. The van der Waals surface area contributed by atoms with E-state index in [2.05, 4.69) is 10.6 Å². The van der Waals surface area contributed by atoms with Crippen molar-refractivity contribution in [2.24, 2.45) is 0 Å². The van der Waals surface area contributed by atoms with E-state index in [-0.39, 0.29) is 23.8 Å². The molecule has 0 spiro atoms. The standard InChI is InChI=1S/C10H16N2O4S/c1-16-8-4-9(11-5-8)10(13)12-7-2-3-17(14,15)6-7/h2-3,7-9,11H,4-6H2,1H3,(H,12,13). The Kier molecular flexibility index (Phi) is 3.50. The number of ether oxygens (including phenoxy) is 1. The van der Waals surface area contributed by atoms with Crippen LogP contribution in [-0.4, -0.2) is 51.9 Å². The minimum Gasteiger partial charge on any atom is -0.380 e. The summed E-state index contributed by atoms with van der Waals surface area (Å²) in [5, 5.41) is 6.89. The molecular formula is C10H16N2O4S. The number of carbonyl (C=O) groups is 1. The minimum atomic E-state index is -3.12. The van der Waals surface area contributed by atoms with Gasteiger partial charge in [0, 0.05) is 19.1 Å². The van der Waals surface area contributed by atoms with Gasteiger partial charge in [0.05, 0.1) is 23.9 Å². The molecule has 0 aromatic heterocycles. The molecule has 0 radical (unpaired) electrons. The third-order valence-electron chi connectivity index (χ3n) is 3.00. The number of carbonyl (C=O) groups excluding carboxylic acids is 1. The van der Waals surface area contributed by atoms with Gasteiger partial charge in [0.1, 0.15) is 0 Å². The zero-order chi connectivity index (χ0) is 12.5. The molecule has 2 heterocycles. The zero-order valence-corrected chi connectivity index (χ0v) is 10.4. The van der Waals surface area contributed by atoms with E-state index in [1.807, 2.05) is 0 Å². The minimum absolute atomic E-state index is 0.0425. The molecule has 2 aliphatic heterocycles. The van der Waals surface area contributed by atoms with Gasteiger partial charge in [0.2, 0.25) is 5.91 Å². The largest absolute Gasteiger partial charge is 0.380 e. The van der Waals surface area contributed by atoms with Gasteiger partial charge in [0.25, 0.3) is 0 Å². The lowest BCUT2D eigenvalue weighted by Crippen LogP contribution is -2.45. The third kappa shape index (κ3) is 3.05. The highest BCUT2D eigenvalue weighted by Crippen LogP contribution is 2.12. The lowest BCUT2D eigenvalue weighted by atomic mass is 10.2. The average Bonchev–Trinajstić information content (AvgIpc) is 2.85. The molecule has 3 unspecified atom stereocenters. The van der Waals surface area contributed by atoms with Crippen LogP contribution in [0, 0.1) is 0 Å². The van der Waals surface area contributed by atoms with E-state index in [1.54, 1.807) is 7.11 Å². The van der Waals surface area contributed by atoms with E-state index in [9.17, 15) is 13.2 Å². The Morgan fingerprint density at radius 3 is 2.82 bits per heavy atom. The highest BCUT2D eigenvalue weighted by molar-refractivity contribution is 7.94. The quantitative estimate of drug-likeness (QED) is 0.665. The van der Waals surface area contributed by atoms with E-state index in [0.717, 1.165) is 5.41 Å². The average molecular weight is 260 g/mol. The lowest BCUT2D eigenvalue weighted by Gasteiger charge is -2.14. The molecule has 0 aromatic carbocycles.